The molecule has 1 fully saturated rings. The highest BCUT2D eigenvalue weighted by Crippen LogP contribution is 2.34. The fourth-order valence-corrected chi connectivity index (χ4v) is 5.24. The Morgan fingerprint density at radius 2 is 1.89 bits per heavy atom. The Balaban J connectivity index is 1.32. The van der Waals surface area contributed by atoms with Crippen LogP contribution in [0, 0.1) is 0 Å². The van der Waals surface area contributed by atoms with Gasteiger partial charge in [-0.25, -0.2) is 0 Å². The van der Waals surface area contributed by atoms with Crippen molar-refractivity contribution in [2.45, 2.75) is 19.5 Å². The van der Waals surface area contributed by atoms with Crippen LogP contribution in [0.5, 0.6) is 0 Å². The van der Waals surface area contributed by atoms with Gasteiger partial charge >= 0.3 is 0 Å². The summed E-state index contributed by atoms with van der Waals surface area (Å²) < 4.78 is 5.91. The first kappa shape index (κ1) is 17.9. The van der Waals surface area contributed by atoms with Crippen LogP contribution in [0.15, 0.2) is 42.5 Å². The second-order valence-electron chi connectivity index (χ2n) is 7.37. The van der Waals surface area contributed by atoms with Gasteiger partial charge in [0.05, 0.1) is 23.0 Å². The molecule has 1 aromatic heterocycles. The minimum Gasteiger partial charge on any atom is -0.353 e. The average Bonchev–Trinajstić information content (AvgIpc) is 3.28. The summed E-state index contributed by atoms with van der Waals surface area (Å²) in [7, 11) is 0. The average molecular weight is 413 g/mol. The van der Waals surface area contributed by atoms with Crippen LogP contribution < -0.4 is 9.80 Å². The lowest BCUT2D eigenvalue weighted by molar-refractivity contribution is -0.118. The molecule has 0 radical (unpaired) electrons. The smallest absolute Gasteiger partial charge is 0.232 e. The third-order valence-electron chi connectivity index (χ3n) is 5.79. The number of fused-ring (bicyclic) bond motifs is 2. The molecule has 3 aromatic rings. The van der Waals surface area contributed by atoms with Crippen LogP contribution in [0.2, 0.25) is 5.02 Å². The van der Waals surface area contributed by atoms with Gasteiger partial charge in [0.1, 0.15) is 5.82 Å². The third-order valence-corrected chi connectivity index (χ3v) is 6.84. The van der Waals surface area contributed by atoms with Gasteiger partial charge in [0.2, 0.25) is 5.91 Å². The molecule has 7 heteroatoms. The lowest BCUT2D eigenvalue weighted by Crippen LogP contribution is -2.55. The molecule has 1 atom stereocenters. The monoisotopic (exact) mass is 412 g/mol. The van der Waals surface area contributed by atoms with Crippen molar-refractivity contribution in [3.63, 3.8) is 0 Å². The first-order valence-corrected chi connectivity index (χ1v) is 10.7. The summed E-state index contributed by atoms with van der Waals surface area (Å²) in [5.74, 6) is 1.24. The molecule has 0 saturated carbocycles. The molecule has 1 unspecified atom stereocenters. The van der Waals surface area contributed by atoms with Crippen molar-refractivity contribution >= 4 is 50.6 Å². The van der Waals surface area contributed by atoms with E-state index in [0.29, 0.717) is 11.4 Å². The predicted molar refractivity (Wildman–Crippen MR) is 116 cm³/mol. The highest BCUT2D eigenvalue weighted by Gasteiger charge is 2.35. The zero-order valence-electron chi connectivity index (χ0n) is 15.6. The van der Waals surface area contributed by atoms with Gasteiger partial charge in [-0.1, -0.05) is 29.8 Å². The van der Waals surface area contributed by atoms with Crippen molar-refractivity contribution in [3.05, 3.63) is 53.1 Å². The van der Waals surface area contributed by atoms with E-state index in [9.17, 15) is 4.79 Å². The Bertz CT molecular complexity index is 1040. The normalized spacial score (nSPS) is 18.7. The second kappa shape index (κ2) is 7.03. The first-order chi connectivity index (χ1) is 13.6. The fourth-order valence-electron chi connectivity index (χ4n) is 4.27. The Kier molecular flexibility index (Phi) is 4.50. The molecule has 0 N–H and O–H groups in total. The van der Waals surface area contributed by atoms with Gasteiger partial charge < -0.3 is 4.90 Å². The van der Waals surface area contributed by atoms with Gasteiger partial charge in [0.15, 0.2) is 0 Å². The summed E-state index contributed by atoms with van der Waals surface area (Å²) in [4.78, 5) is 19.3. The molecule has 5 nitrogen and oxygen atoms in total. The van der Waals surface area contributed by atoms with Gasteiger partial charge in [-0.05, 0) is 48.3 Å². The lowest BCUT2D eigenvalue weighted by atomic mass is 10.2. The van der Waals surface area contributed by atoms with Gasteiger partial charge in [-0.15, -0.1) is 0 Å². The van der Waals surface area contributed by atoms with E-state index in [1.54, 1.807) is 11.5 Å². The molecule has 2 aliphatic rings. The van der Waals surface area contributed by atoms with Crippen LogP contribution in [0.3, 0.4) is 0 Å². The van der Waals surface area contributed by atoms with E-state index in [0.717, 1.165) is 43.2 Å². The van der Waals surface area contributed by atoms with E-state index < -0.39 is 0 Å². The zero-order chi connectivity index (χ0) is 19.3. The van der Waals surface area contributed by atoms with Crippen LogP contribution >= 0.6 is 23.1 Å². The van der Waals surface area contributed by atoms with Gasteiger partial charge in [-0.3, -0.25) is 14.6 Å². The van der Waals surface area contributed by atoms with Crippen LogP contribution in [-0.2, 0) is 11.2 Å². The Morgan fingerprint density at radius 3 is 2.71 bits per heavy atom. The summed E-state index contributed by atoms with van der Waals surface area (Å²) >= 11 is 7.74. The number of nitrogens with zero attached hydrogens (tertiary/aromatic N) is 4. The molecule has 1 saturated heterocycles. The zero-order valence-corrected chi connectivity index (χ0v) is 17.2. The van der Waals surface area contributed by atoms with E-state index in [-0.39, 0.29) is 12.1 Å². The number of halogens is 1. The summed E-state index contributed by atoms with van der Waals surface area (Å²) in [5.41, 5.74) is 2.02. The minimum atomic E-state index is 0.0153. The number of carbonyl (C=O) groups is 1. The third kappa shape index (κ3) is 2.96. The molecule has 3 heterocycles. The van der Waals surface area contributed by atoms with E-state index in [2.05, 4.69) is 45.4 Å². The van der Waals surface area contributed by atoms with Crippen molar-refractivity contribution in [1.82, 2.24) is 9.27 Å². The maximum absolute atomic E-state index is 12.7. The summed E-state index contributed by atoms with van der Waals surface area (Å²) in [5, 5.41) is 1.90. The van der Waals surface area contributed by atoms with Gasteiger partial charge in [0.25, 0.3) is 0 Å². The molecule has 28 heavy (non-hydrogen) atoms. The van der Waals surface area contributed by atoms with Crippen molar-refractivity contribution in [2.75, 3.05) is 36.0 Å². The topological polar surface area (TPSA) is 39.7 Å². The Morgan fingerprint density at radius 1 is 1.11 bits per heavy atom. The highest BCUT2D eigenvalue weighted by atomic mass is 35.5. The highest BCUT2D eigenvalue weighted by molar-refractivity contribution is 7.13. The van der Waals surface area contributed by atoms with Crippen molar-refractivity contribution in [2.24, 2.45) is 0 Å². The van der Waals surface area contributed by atoms with Crippen LogP contribution in [0.4, 0.5) is 11.5 Å². The van der Waals surface area contributed by atoms with E-state index >= 15 is 0 Å². The molecule has 0 aliphatic carbocycles. The molecule has 1 amide bonds. The number of rotatable bonds is 3. The van der Waals surface area contributed by atoms with Crippen molar-refractivity contribution in [1.29, 1.82) is 0 Å². The maximum Gasteiger partial charge on any atom is 0.232 e. The number of aromatic nitrogens is 1. The van der Waals surface area contributed by atoms with Gasteiger partial charge in [0, 0.05) is 36.6 Å². The molecular weight excluding hydrogens is 392 g/mol. The number of amides is 1. The Hall–Kier alpha value is -2.15. The first-order valence-electron chi connectivity index (χ1n) is 9.56. The van der Waals surface area contributed by atoms with Crippen molar-refractivity contribution in [3.8, 4) is 0 Å². The number of hydrogen-bond donors (Lipinski definition) is 0. The minimum absolute atomic E-state index is 0.0153. The van der Waals surface area contributed by atoms with Crippen LogP contribution in [0.1, 0.15) is 12.5 Å². The lowest BCUT2D eigenvalue weighted by Gasteiger charge is -2.41. The van der Waals surface area contributed by atoms with E-state index in [1.165, 1.54) is 10.1 Å². The second-order valence-corrected chi connectivity index (χ2v) is 8.61. The molecule has 2 aliphatic heterocycles. The quantitative estimate of drug-likeness (QED) is 0.651. The van der Waals surface area contributed by atoms with Crippen molar-refractivity contribution < 1.29 is 4.79 Å². The maximum atomic E-state index is 12.7. The molecule has 0 spiro atoms. The predicted octanol–water partition coefficient (Wildman–Crippen LogP) is 4.01. The molecule has 2 aromatic carbocycles. The van der Waals surface area contributed by atoms with E-state index in [1.807, 2.05) is 23.1 Å². The molecule has 144 valence electrons. The molecule has 5 rings (SSSR count). The van der Waals surface area contributed by atoms with E-state index in [4.69, 9.17) is 11.6 Å². The largest absolute Gasteiger partial charge is 0.353 e. The summed E-state index contributed by atoms with van der Waals surface area (Å²) in [6, 6.07) is 14.1. The Labute approximate surface area is 173 Å². The number of anilines is 2. The van der Waals surface area contributed by atoms with Crippen LogP contribution in [-0.4, -0.2) is 47.5 Å². The standard InChI is InChI=1S/C21H21ClN4OS/c1-14(26-18-13-16(22)7-6-15(18)12-20(26)27)24-8-10-25(11-9-24)21-17-4-2-3-5-19(17)28-23-21/h2-7,13-14H,8-12H2,1H3. The number of hydrogen-bond acceptors (Lipinski definition) is 5. The number of piperazine rings is 1. The van der Waals surface area contributed by atoms with Crippen LogP contribution in [0.25, 0.3) is 10.1 Å². The number of benzene rings is 2. The fraction of sp³-hybridized carbons (Fsp3) is 0.333. The molecular formula is C21H21ClN4OS. The SMILES string of the molecule is CC(N1CCN(c2nsc3ccccc23)CC1)N1C(=O)Cc2ccc(Cl)cc21. The summed E-state index contributed by atoms with van der Waals surface area (Å²) in [6.07, 6.45) is 0.475. The van der Waals surface area contributed by atoms with Gasteiger partial charge in [-0.2, -0.15) is 4.37 Å². The number of carbonyl (C=O) groups excluding carboxylic acids is 1. The summed E-state index contributed by atoms with van der Waals surface area (Å²) in [6.45, 7) is 5.71. The molecule has 0 bridgehead atoms.